The number of rotatable bonds is 6. The van der Waals surface area contributed by atoms with Crippen LogP contribution in [0.2, 0.25) is 0 Å². The standard InChI is InChI=1S/C9H12O7/c1-2-3-16-7(12)5-9(15,8(13)14)4-6(10)11/h2-3,15H,4-5H2,1H3,(H,10,11)(H,13,14). The van der Waals surface area contributed by atoms with E-state index in [1.165, 1.54) is 6.08 Å². The number of carboxylic acid groups (broad SMARTS) is 2. The number of hydrogen-bond donors (Lipinski definition) is 3. The molecule has 7 nitrogen and oxygen atoms in total. The minimum Gasteiger partial charge on any atom is -0.481 e. The predicted molar refractivity (Wildman–Crippen MR) is 50.4 cm³/mol. The Morgan fingerprint density at radius 3 is 2.19 bits per heavy atom. The Kier molecular flexibility index (Phi) is 5.17. The summed E-state index contributed by atoms with van der Waals surface area (Å²) in [4.78, 5) is 32.0. The van der Waals surface area contributed by atoms with Crippen molar-refractivity contribution in [2.45, 2.75) is 25.4 Å². The van der Waals surface area contributed by atoms with Crippen molar-refractivity contribution in [2.75, 3.05) is 0 Å². The number of carbonyl (C=O) groups is 3. The van der Waals surface area contributed by atoms with Crippen molar-refractivity contribution in [1.29, 1.82) is 0 Å². The van der Waals surface area contributed by atoms with Crippen molar-refractivity contribution in [3.63, 3.8) is 0 Å². The second-order valence-corrected chi connectivity index (χ2v) is 3.04. The molecule has 0 amide bonds. The van der Waals surface area contributed by atoms with E-state index in [4.69, 9.17) is 10.2 Å². The van der Waals surface area contributed by atoms with Crippen LogP contribution in [0.25, 0.3) is 0 Å². The lowest BCUT2D eigenvalue weighted by atomic mass is 9.96. The second kappa shape index (κ2) is 5.86. The lowest BCUT2D eigenvalue weighted by molar-refractivity contribution is -0.170. The lowest BCUT2D eigenvalue weighted by Gasteiger charge is -2.19. The molecule has 0 aromatic rings. The molecule has 0 aliphatic carbocycles. The smallest absolute Gasteiger partial charge is 0.336 e. The van der Waals surface area contributed by atoms with Crippen LogP contribution in [0.15, 0.2) is 12.3 Å². The summed E-state index contributed by atoms with van der Waals surface area (Å²) in [5, 5.41) is 26.4. The minimum atomic E-state index is -2.65. The third-order valence-corrected chi connectivity index (χ3v) is 1.61. The monoisotopic (exact) mass is 232 g/mol. The molecule has 0 aromatic heterocycles. The van der Waals surface area contributed by atoms with Gasteiger partial charge in [-0.3, -0.25) is 9.59 Å². The highest BCUT2D eigenvalue weighted by molar-refractivity contribution is 5.88. The normalized spacial score (nSPS) is 14.4. The first-order valence-corrected chi connectivity index (χ1v) is 4.30. The number of carbonyl (C=O) groups excluding carboxylic acids is 1. The molecule has 0 aromatic carbocycles. The van der Waals surface area contributed by atoms with Gasteiger partial charge in [0.05, 0.1) is 19.1 Å². The summed E-state index contributed by atoms with van der Waals surface area (Å²) in [6.45, 7) is 1.56. The molecule has 1 unspecified atom stereocenters. The SMILES string of the molecule is CC=COC(=O)CC(O)(CC(=O)O)C(=O)O. The molecular formula is C9H12O7. The Morgan fingerprint density at radius 1 is 1.25 bits per heavy atom. The van der Waals surface area contributed by atoms with E-state index in [-0.39, 0.29) is 0 Å². The molecule has 0 bridgehead atoms. The summed E-state index contributed by atoms with van der Waals surface area (Å²) in [6, 6.07) is 0. The van der Waals surface area contributed by atoms with E-state index in [1.54, 1.807) is 6.92 Å². The first-order valence-electron chi connectivity index (χ1n) is 4.30. The summed E-state index contributed by atoms with van der Waals surface area (Å²) in [7, 11) is 0. The van der Waals surface area contributed by atoms with Gasteiger partial charge < -0.3 is 20.1 Å². The Morgan fingerprint density at radius 2 is 1.81 bits per heavy atom. The molecular weight excluding hydrogens is 220 g/mol. The van der Waals surface area contributed by atoms with Crippen LogP contribution in [-0.4, -0.2) is 38.8 Å². The number of hydrogen-bond acceptors (Lipinski definition) is 5. The number of aliphatic hydroxyl groups is 1. The van der Waals surface area contributed by atoms with Crippen LogP contribution in [0.1, 0.15) is 19.8 Å². The van der Waals surface area contributed by atoms with Crippen molar-refractivity contribution in [3.05, 3.63) is 12.3 Å². The van der Waals surface area contributed by atoms with Gasteiger partial charge in [-0.15, -0.1) is 0 Å². The second-order valence-electron chi connectivity index (χ2n) is 3.04. The maximum absolute atomic E-state index is 11.0. The third kappa shape index (κ3) is 4.56. The van der Waals surface area contributed by atoms with E-state index >= 15 is 0 Å². The van der Waals surface area contributed by atoms with E-state index in [0.717, 1.165) is 6.26 Å². The van der Waals surface area contributed by atoms with Gasteiger partial charge in [0.2, 0.25) is 0 Å². The number of esters is 1. The van der Waals surface area contributed by atoms with E-state index in [1.807, 2.05) is 0 Å². The molecule has 0 heterocycles. The van der Waals surface area contributed by atoms with Gasteiger partial charge in [-0.2, -0.15) is 0 Å². The average molecular weight is 232 g/mol. The topological polar surface area (TPSA) is 121 Å². The summed E-state index contributed by atoms with van der Waals surface area (Å²) in [6.07, 6.45) is 0.381. The van der Waals surface area contributed by atoms with Gasteiger partial charge in [0, 0.05) is 0 Å². The maximum Gasteiger partial charge on any atom is 0.336 e. The van der Waals surface area contributed by atoms with Crippen molar-refractivity contribution in [2.24, 2.45) is 0 Å². The predicted octanol–water partition coefficient (Wildman–Crippen LogP) is -0.256. The highest BCUT2D eigenvalue weighted by Gasteiger charge is 2.41. The quantitative estimate of drug-likeness (QED) is 0.426. The summed E-state index contributed by atoms with van der Waals surface area (Å²) >= 11 is 0. The van der Waals surface area contributed by atoms with Crippen LogP contribution in [0.5, 0.6) is 0 Å². The van der Waals surface area contributed by atoms with Gasteiger partial charge >= 0.3 is 17.9 Å². The molecule has 0 saturated carbocycles. The molecule has 0 rings (SSSR count). The highest BCUT2D eigenvalue weighted by atomic mass is 16.5. The fourth-order valence-corrected chi connectivity index (χ4v) is 0.888. The fourth-order valence-electron chi connectivity index (χ4n) is 0.888. The van der Waals surface area contributed by atoms with Gasteiger partial charge in [0.15, 0.2) is 5.60 Å². The van der Waals surface area contributed by atoms with Gasteiger partial charge in [-0.25, -0.2) is 4.79 Å². The number of carboxylic acids is 2. The lowest BCUT2D eigenvalue weighted by Crippen LogP contribution is -2.42. The zero-order valence-corrected chi connectivity index (χ0v) is 8.54. The Balaban J connectivity index is 4.61. The van der Waals surface area contributed by atoms with Crippen molar-refractivity contribution in [3.8, 4) is 0 Å². The van der Waals surface area contributed by atoms with E-state index < -0.39 is 36.4 Å². The fraction of sp³-hybridized carbons (Fsp3) is 0.444. The van der Waals surface area contributed by atoms with Crippen LogP contribution in [0.3, 0.4) is 0 Å². The average Bonchev–Trinajstić information content (AvgIpc) is 2.12. The Labute approximate surface area is 90.9 Å². The number of aliphatic carboxylic acids is 2. The summed E-state index contributed by atoms with van der Waals surface area (Å²) in [5.41, 5.74) is -2.65. The van der Waals surface area contributed by atoms with Crippen molar-refractivity contribution in [1.82, 2.24) is 0 Å². The molecule has 0 aliphatic heterocycles. The molecule has 0 fully saturated rings. The van der Waals surface area contributed by atoms with Crippen LogP contribution < -0.4 is 0 Å². The van der Waals surface area contributed by atoms with Crippen LogP contribution in [0, 0.1) is 0 Å². The van der Waals surface area contributed by atoms with Crippen LogP contribution >= 0.6 is 0 Å². The zero-order chi connectivity index (χ0) is 12.8. The maximum atomic E-state index is 11.0. The molecule has 0 spiro atoms. The zero-order valence-electron chi connectivity index (χ0n) is 8.54. The van der Waals surface area contributed by atoms with Crippen molar-refractivity contribution >= 4 is 17.9 Å². The van der Waals surface area contributed by atoms with E-state index in [0.29, 0.717) is 0 Å². The van der Waals surface area contributed by atoms with Gasteiger partial charge in [-0.05, 0) is 6.92 Å². The van der Waals surface area contributed by atoms with Crippen LogP contribution in [-0.2, 0) is 19.1 Å². The Bertz CT molecular complexity index is 320. The number of allylic oxidation sites excluding steroid dienone is 1. The summed E-state index contributed by atoms with van der Waals surface area (Å²) in [5.74, 6) is -4.33. The van der Waals surface area contributed by atoms with Gasteiger partial charge in [-0.1, -0.05) is 6.08 Å². The molecule has 7 heteroatoms. The summed E-state index contributed by atoms with van der Waals surface area (Å²) < 4.78 is 4.38. The molecule has 90 valence electrons. The molecule has 0 aliphatic rings. The first-order chi connectivity index (χ1) is 7.31. The first kappa shape index (κ1) is 14.1. The highest BCUT2D eigenvalue weighted by Crippen LogP contribution is 2.17. The van der Waals surface area contributed by atoms with E-state index in [9.17, 15) is 19.5 Å². The number of ether oxygens (including phenoxy) is 1. The largest absolute Gasteiger partial charge is 0.481 e. The third-order valence-electron chi connectivity index (χ3n) is 1.61. The minimum absolute atomic E-state index is 0.932. The van der Waals surface area contributed by atoms with E-state index in [2.05, 4.69) is 4.74 Å². The van der Waals surface area contributed by atoms with Gasteiger partial charge in [0.25, 0.3) is 0 Å². The van der Waals surface area contributed by atoms with Crippen molar-refractivity contribution < 1.29 is 34.4 Å². The molecule has 0 radical (unpaired) electrons. The van der Waals surface area contributed by atoms with Crippen LogP contribution in [0.4, 0.5) is 0 Å². The Hall–Kier alpha value is -1.89. The molecule has 1 atom stereocenters. The molecule has 0 saturated heterocycles. The molecule has 3 N–H and O–H groups in total. The van der Waals surface area contributed by atoms with Gasteiger partial charge in [0.1, 0.15) is 0 Å². The molecule has 16 heavy (non-hydrogen) atoms.